The van der Waals surface area contributed by atoms with Gasteiger partial charge in [0.15, 0.2) is 0 Å². The Morgan fingerprint density at radius 2 is 2.05 bits per heavy atom. The molecule has 22 heavy (non-hydrogen) atoms. The van der Waals surface area contributed by atoms with E-state index in [1.54, 1.807) is 18.9 Å². The van der Waals surface area contributed by atoms with Crippen LogP contribution in [0.25, 0.3) is 0 Å². The summed E-state index contributed by atoms with van der Waals surface area (Å²) >= 11 is 1.58. The summed E-state index contributed by atoms with van der Waals surface area (Å²) in [5.74, 6) is 0.403. The molecule has 1 N–H and O–H groups in total. The number of sulfonamides is 1. The molecule has 0 saturated carbocycles. The maximum Gasteiger partial charge on any atom is 0.322 e. The van der Waals surface area contributed by atoms with Crippen molar-refractivity contribution in [2.24, 2.45) is 0 Å². The van der Waals surface area contributed by atoms with Gasteiger partial charge in [0.2, 0.25) is 10.0 Å². The Labute approximate surface area is 134 Å². The second-order valence-corrected chi connectivity index (χ2v) is 8.43. The molecule has 0 bridgehead atoms. The second kappa shape index (κ2) is 6.89. The smallest absolute Gasteiger partial charge is 0.322 e. The molecular formula is C14H19NO5S2. The number of benzene rings is 1. The maximum absolute atomic E-state index is 11.7. The van der Waals surface area contributed by atoms with Crippen LogP contribution in [-0.2, 0) is 20.6 Å². The van der Waals surface area contributed by atoms with Crippen LogP contribution in [0.15, 0.2) is 24.3 Å². The normalized spacial score (nSPS) is 22.6. The lowest BCUT2D eigenvalue weighted by atomic mass is 10.2. The van der Waals surface area contributed by atoms with E-state index in [0.717, 1.165) is 21.9 Å². The van der Waals surface area contributed by atoms with Gasteiger partial charge >= 0.3 is 5.97 Å². The summed E-state index contributed by atoms with van der Waals surface area (Å²) in [4.78, 5) is 11.2. The number of hydrogen-bond acceptors (Lipinski definition) is 5. The van der Waals surface area contributed by atoms with Crippen LogP contribution >= 0.6 is 11.8 Å². The van der Waals surface area contributed by atoms with Crippen molar-refractivity contribution in [3.63, 3.8) is 0 Å². The van der Waals surface area contributed by atoms with Gasteiger partial charge in [-0.15, -0.1) is 0 Å². The van der Waals surface area contributed by atoms with Gasteiger partial charge in [-0.05, 0) is 24.1 Å². The van der Waals surface area contributed by atoms with E-state index in [1.807, 2.05) is 24.3 Å². The van der Waals surface area contributed by atoms with Crippen LogP contribution in [0.2, 0.25) is 0 Å². The first kappa shape index (κ1) is 17.1. The molecule has 1 heterocycles. The molecule has 2 rings (SSSR count). The second-order valence-electron chi connectivity index (χ2n) is 5.20. The Bertz CT molecular complexity index is 629. The van der Waals surface area contributed by atoms with Crippen LogP contribution in [0.1, 0.15) is 12.0 Å². The fourth-order valence-electron chi connectivity index (χ4n) is 2.42. The SMILES string of the molecule is COc1ccc(CSC2CC(C(=O)O)N(S(C)(=O)=O)C2)cc1. The summed E-state index contributed by atoms with van der Waals surface area (Å²) in [5, 5.41) is 9.16. The molecule has 1 aliphatic rings. The molecule has 1 aromatic carbocycles. The minimum atomic E-state index is -3.50. The first-order valence-electron chi connectivity index (χ1n) is 6.75. The number of carbonyl (C=O) groups is 1. The number of thioether (sulfide) groups is 1. The molecule has 1 aromatic rings. The standard InChI is InChI=1S/C14H19NO5S2/c1-20-11-5-3-10(4-6-11)9-21-12-7-13(14(16)17)15(8-12)22(2,18)19/h3-6,12-13H,7-9H2,1-2H3,(H,16,17). The summed E-state index contributed by atoms with van der Waals surface area (Å²) < 4.78 is 29.5. The Hall–Kier alpha value is -1.25. The van der Waals surface area contributed by atoms with Crippen molar-refractivity contribution >= 4 is 27.8 Å². The summed E-state index contributed by atoms with van der Waals surface area (Å²) in [6.07, 6.45) is 1.39. The molecule has 1 aliphatic heterocycles. The highest BCUT2D eigenvalue weighted by Crippen LogP contribution is 2.31. The van der Waals surface area contributed by atoms with Gasteiger partial charge in [-0.2, -0.15) is 16.1 Å². The molecule has 122 valence electrons. The average molecular weight is 345 g/mol. The number of aliphatic carboxylic acids is 1. The summed E-state index contributed by atoms with van der Waals surface area (Å²) in [7, 11) is -1.89. The minimum Gasteiger partial charge on any atom is -0.497 e. The number of ether oxygens (including phenoxy) is 1. The van der Waals surface area contributed by atoms with Gasteiger partial charge in [0, 0.05) is 17.5 Å². The highest BCUT2D eigenvalue weighted by molar-refractivity contribution is 7.99. The van der Waals surface area contributed by atoms with Gasteiger partial charge in [0.25, 0.3) is 0 Å². The lowest BCUT2D eigenvalue weighted by molar-refractivity contribution is -0.140. The van der Waals surface area contributed by atoms with Gasteiger partial charge in [0.05, 0.1) is 13.4 Å². The molecule has 0 aliphatic carbocycles. The van der Waals surface area contributed by atoms with Crippen molar-refractivity contribution < 1.29 is 23.1 Å². The largest absolute Gasteiger partial charge is 0.497 e. The van der Waals surface area contributed by atoms with E-state index in [2.05, 4.69) is 0 Å². The molecule has 0 amide bonds. The summed E-state index contributed by atoms with van der Waals surface area (Å²) in [6.45, 7) is 0.247. The van der Waals surface area contributed by atoms with Crippen molar-refractivity contribution in [2.75, 3.05) is 19.9 Å². The van der Waals surface area contributed by atoms with Crippen LogP contribution in [-0.4, -0.2) is 55.0 Å². The number of carboxylic acid groups (broad SMARTS) is 1. The molecule has 0 aromatic heterocycles. The quantitative estimate of drug-likeness (QED) is 0.839. The zero-order valence-corrected chi connectivity index (χ0v) is 14.1. The van der Waals surface area contributed by atoms with Crippen molar-refractivity contribution in [1.82, 2.24) is 4.31 Å². The van der Waals surface area contributed by atoms with Crippen LogP contribution < -0.4 is 4.74 Å². The van der Waals surface area contributed by atoms with Gasteiger partial charge in [-0.1, -0.05) is 12.1 Å². The first-order chi connectivity index (χ1) is 10.3. The van der Waals surface area contributed by atoms with Crippen LogP contribution in [0, 0.1) is 0 Å². The van der Waals surface area contributed by atoms with Crippen LogP contribution in [0.3, 0.4) is 0 Å². The Kier molecular flexibility index (Phi) is 5.36. The van der Waals surface area contributed by atoms with Crippen molar-refractivity contribution in [3.05, 3.63) is 29.8 Å². The molecule has 1 saturated heterocycles. The highest BCUT2D eigenvalue weighted by atomic mass is 32.2. The van der Waals surface area contributed by atoms with Crippen molar-refractivity contribution in [2.45, 2.75) is 23.5 Å². The van der Waals surface area contributed by atoms with E-state index in [0.29, 0.717) is 12.2 Å². The number of rotatable bonds is 6. The monoisotopic (exact) mass is 345 g/mol. The topological polar surface area (TPSA) is 83.9 Å². The number of nitrogens with zero attached hydrogens (tertiary/aromatic N) is 1. The van der Waals surface area contributed by atoms with E-state index >= 15 is 0 Å². The maximum atomic E-state index is 11.7. The third-order valence-electron chi connectivity index (χ3n) is 3.57. The lowest BCUT2D eigenvalue weighted by Gasteiger charge is -2.17. The number of carboxylic acids is 1. The van der Waals surface area contributed by atoms with Crippen LogP contribution in [0.4, 0.5) is 0 Å². The van der Waals surface area contributed by atoms with E-state index in [-0.39, 0.29) is 11.8 Å². The molecule has 2 atom stereocenters. The number of hydrogen-bond donors (Lipinski definition) is 1. The molecular weight excluding hydrogens is 326 g/mol. The third-order valence-corrected chi connectivity index (χ3v) is 6.14. The predicted molar refractivity (Wildman–Crippen MR) is 85.7 cm³/mol. The van der Waals surface area contributed by atoms with E-state index in [4.69, 9.17) is 4.74 Å². The Balaban J connectivity index is 1.97. The van der Waals surface area contributed by atoms with Gasteiger partial charge in [-0.25, -0.2) is 8.42 Å². The van der Waals surface area contributed by atoms with E-state index in [1.165, 1.54) is 0 Å². The fraction of sp³-hybridized carbons (Fsp3) is 0.500. The molecule has 1 fully saturated rings. The first-order valence-corrected chi connectivity index (χ1v) is 9.65. The van der Waals surface area contributed by atoms with E-state index in [9.17, 15) is 18.3 Å². The zero-order chi connectivity index (χ0) is 16.3. The molecule has 6 nitrogen and oxygen atoms in total. The summed E-state index contributed by atoms with van der Waals surface area (Å²) in [6, 6.07) is 6.68. The van der Waals surface area contributed by atoms with E-state index < -0.39 is 22.0 Å². The highest BCUT2D eigenvalue weighted by Gasteiger charge is 2.41. The van der Waals surface area contributed by atoms with Crippen molar-refractivity contribution in [3.8, 4) is 5.75 Å². The van der Waals surface area contributed by atoms with Crippen LogP contribution in [0.5, 0.6) is 5.75 Å². The van der Waals surface area contributed by atoms with Crippen molar-refractivity contribution in [1.29, 1.82) is 0 Å². The van der Waals surface area contributed by atoms with Gasteiger partial charge < -0.3 is 9.84 Å². The zero-order valence-electron chi connectivity index (χ0n) is 12.4. The Morgan fingerprint density at radius 1 is 1.41 bits per heavy atom. The fourth-order valence-corrected chi connectivity index (χ4v) is 4.80. The molecule has 0 radical (unpaired) electrons. The van der Waals surface area contributed by atoms with Gasteiger partial charge in [0.1, 0.15) is 11.8 Å². The summed E-state index contributed by atoms with van der Waals surface area (Å²) in [5.41, 5.74) is 1.09. The molecule has 8 heteroatoms. The average Bonchev–Trinajstić information content (AvgIpc) is 2.90. The lowest BCUT2D eigenvalue weighted by Crippen LogP contribution is -2.39. The Morgan fingerprint density at radius 3 is 2.50 bits per heavy atom. The predicted octanol–water partition coefficient (Wildman–Crippen LogP) is 1.42. The third kappa shape index (κ3) is 4.15. The van der Waals surface area contributed by atoms with Gasteiger partial charge in [-0.3, -0.25) is 4.79 Å². The minimum absolute atomic E-state index is 0.0158. The number of methoxy groups -OCH3 is 1. The molecule has 0 spiro atoms. The molecule has 2 unspecified atom stereocenters.